The number of rotatable bonds is 6. The second-order valence-electron chi connectivity index (χ2n) is 4.43. The SMILES string of the molecule is CNC(=O)Cc1ccc(NCc2ccc(CO)o2)cc1. The highest BCUT2D eigenvalue weighted by molar-refractivity contribution is 5.78. The van der Waals surface area contributed by atoms with Gasteiger partial charge in [0.25, 0.3) is 0 Å². The maximum absolute atomic E-state index is 11.2. The lowest BCUT2D eigenvalue weighted by molar-refractivity contribution is -0.119. The molecule has 0 saturated carbocycles. The van der Waals surface area contributed by atoms with Crippen molar-refractivity contribution >= 4 is 11.6 Å². The first-order valence-corrected chi connectivity index (χ1v) is 6.43. The second kappa shape index (κ2) is 6.77. The monoisotopic (exact) mass is 274 g/mol. The van der Waals surface area contributed by atoms with Gasteiger partial charge in [-0.1, -0.05) is 12.1 Å². The van der Waals surface area contributed by atoms with Gasteiger partial charge in [0, 0.05) is 12.7 Å². The molecule has 2 aromatic rings. The molecule has 1 amide bonds. The molecular weight excluding hydrogens is 256 g/mol. The van der Waals surface area contributed by atoms with Gasteiger partial charge in [-0.2, -0.15) is 0 Å². The van der Waals surface area contributed by atoms with Crippen LogP contribution in [0.4, 0.5) is 5.69 Å². The Kier molecular flexibility index (Phi) is 4.79. The molecule has 2 rings (SSSR count). The summed E-state index contributed by atoms with van der Waals surface area (Å²) in [7, 11) is 1.63. The van der Waals surface area contributed by atoms with E-state index in [0.717, 1.165) is 17.0 Å². The van der Waals surface area contributed by atoms with E-state index in [-0.39, 0.29) is 12.5 Å². The number of amides is 1. The minimum atomic E-state index is -0.0891. The van der Waals surface area contributed by atoms with Crippen LogP contribution in [0, 0.1) is 0 Å². The zero-order chi connectivity index (χ0) is 14.4. The van der Waals surface area contributed by atoms with Gasteiger partial charge in [-0.05, 0) is 29.8 Å². The second-order valence-corrected chi connectivity index (χ2v) is 4.43. The quantitative estimate of drug-likeness (QED) is 0.749. The number of aliphatic hydroxyl groups is 1. The summed E-state index contributed by atoms with van der Waals surface area (Å²) in [6.45, 7) is 0.461. The maximum atomic E-state index is 11.2. The van der Waals surface area contributed by atoms with Crippen LogP contribution in [0.1, 0.15) is 17.1 Å². The van der Waals surface area contributed by atoms with E-state index in [0.29, 0.717) is 18.7 Å². The molecule has 0 radical (unpaired) electrons. The van der Waals surface area contributed by atoms with Crippen molar-refractivity contribution in [3.05, 3.63) is 53.5 Å². The molecule has 1 aromatic carbocycles. The predicted octanol–water partition coefficient (Wildman–Crippen LogP) is 1.67. The van der Waals surface area contributed by atoms with Crippen LogP contribution < -0.4 is 10.6 Å². The third kappa shape index (κ3) is 3.86. The van der Waals surface area contributed by atoms with Crippen molar-refractivity contribution in [1.82, 2.24) is 5.32 Å². The fourth-order valence-electron chi connectivity index (χ4n) is 1.81. The van der Waals surface area contributed by atoms with Crippen molar-refractivity contribution in [3.8, 4) is 0 Å². The molecule has 0 spiro atoms. The van der Waals surface area contributed by atoms with Crippen molar-refractivity contribution in [2.24, 2.45) is 0 Å². The summed E-state index contributed by atoms with van der Waals surface area (Å²) >= 11 is 0. The first-order valence-electron chi connectivity index (χ1n) is 6.43. The first kappa shape index (κ1) is 14.1. The average molecular weight is 274 g/mol. The molecule has 20 heavy (non-hydrogen) atoms. The smallest absolute Gasteiger partial charge is 0.224 e. The largest absolute Gasteiger partial charge is 0.462 e. The van der Waals surface area contributed by atoms with Gasteiger partial charge < -0.3 is 20.2 Å². The molecule has 1 heterocycles. The third-order valence-electron chi connectivity index (χ3n) is 2.94. The molecule has 0 aliphatic heterocycles. The number of anilines is 1. The van der Waals surface area contributed by atoms with Gasteiger partial charge in [0.2, 0.25) is 5.91 Å². The standard InChI is InChI=1S/C15H18N2O3/c1-16-15(19)8-11-2-4-12(5-3-11)17-9-13-6-7-14(10-18)20-13/h2-7,17-18H,8-10H2,1H3,(H,16,19). The molecular formula is C15H18N2O3. The summed E-state index contributed by atoms with van der Waals surface area (Å²) < 4.78 is 5.38. The van der Waals surface area contributed by atoms with Crippen LogP contribution in [-0.4, -0.2) is 18.1 Å². The maximum Gasteiger partial charge on any atom is 0.224 e. The fourth-order valence-corrected chi connectivity index (χ4v) is 1.81. The zero-order valence-corrected chi connectivity index (χ0v) is 11.3. The third-order valence-corrected chi connectivity index (χ3v) is 2.94. The summed E-state index contributed by atoms with van der Waals surface area (Å²) in [5.74, 6) is 1.32. The number of hydrogen-bond donors (Lipinski definition) is 3. The van der Waals surface area contributed by atoms with Gasteiger partial charge in [0.15, 0.2) is 0 Å². The highest BCUT2D eigenvalue weighted by Gasteiger charge is 2.02. The average Bonchev–Trinajstić information content (AvgIpc) is 2.94. The van der Waals surface area contributed by atoms with E-state index in [2.05, 4.69) is 10.6 Å². The van der Waals surface area contributed by atoms with Gasteiger partial charge in [0.1, 0.15) is 18.1 Å². The molecule has 0 atom stereocenters. The minimum absolute atomic E-state index is 0.00201. The number of hydrogen-bond acceptors (Lipinski definition) is 4. The Balaban J connectivity index is 1.88. The van der Waals surface area contributed by atoms with Gasteiger partial charge in [-0.3, -0.25) is 4.79 Å². The Labute approximate surface area is 117 Å². The number of nitrogens with one attached hydrogen (secondary N) is 2. The molecule has 5 heteroatoms. The number of benzene rings is 1. The molecule has 0 aliphatic carbocycles. The van der Waals surface area contributed by atoms with Crippen LogP contribution in [0.25, 0.3) is 0 Å². The van der Waals surface area contributed by atoms with Crippen LogP contribution in [0.5, 0.6) is 0 Å². The Hall–Kier alpha value is -2.27. The van der Waals surface area contributed by atoms with Crippen molar-refractivity contribution in [3.63, 3.8) is 0 Å². The van der Waals surface area contributed by atoms with E-state index >= 15 is 0 Å². The van der Waals surface area contributed by atoms with Crippen LogP contribution >= 0.6 is 0 Å². The van der Waals surface area contributed by atoms with Crippen LogP contribution in [-0.2, 0) is 24.4 Å². The first-order chi connectivity index (χ1) is 9.71. The van der Waals surface area contributed by atoms with Gasteiger partial charge >= 0.3 is 0 Å². The van der Waals surface area contributed by atoms with E-state index in [1.807, 2.05) is 30.3 Å². The Morgan fingerprint density at radius 2 is 1.85 bits per heavy atom. The lowest BCUT2D eigenvalue weighted by Crippen LogP contribution is -2.19. The van der Waals surface area contributed by atoms with Crippen molar-refractivity contribution in [1.29, 1.82) is 0 Å². The molecule has 3 N–H and O–H groups in total. The number of carbonyl (C=O) groups is 1. The summed E-state index contributed by atoms with van der Waals surface area (Å²) in [5, 5.41) is 14.7. The molecule has 0 bridgehead atoms. The number of carbonyl (C=O) groups excluding carboxylic acids is 1. The molecule has 1 aromatic heterocycles. The fraction of sp³-hybridized carbons (Fsp3) is 0.267. The van der Waals surface area contributed by atoms with Crippen LogP contribution in [0.2, 0.25) is 0 Å². The summed E-state index contributed by atoms with van der Waals surface area (Å²) in [6.07, 6.45) is 0.384. The minimum Gasteiger partial charge on any atom is -0.462 e. The van der Waals surface area contributed by atoms with Gasteiger partial charge in [-0.25, -0.2) is 0 Å². The van der Waals surface area contributed by atoms with Crippen LogP contribution in [0.3, 0.4) is 0 Å². The van der Waals surface area contributed by atoms with E-state index in [4.69, 9.17) is 9.52 Å². The van der Waals surface area contributed by atoms with E-state index < -0.39 is 0 Å². The van der Waals surface area contributed by atoms with Crippen molar-refractivity contribution in [2.45, 2.75) is 19.6 Å². The number of likely N-dealkylation sites (N-methyl/N-ethyl adjacent to an activating group) is 1. The van der Waals surface area contributed by atoms with E-state index in [1.54, 1.807) is 13.1 Å². The Morgan fingerprint density at radius 1 is 1.15 bits per heavy atom. The normalized spacial score (nSPS) is 10.3. The number of aliphatic hydroxyl groups excluding tert-OH is 1. The van der Waals surface area contributed by atoms with Crippen molar-refractivity contribution in [2.75, 3.05) is 12.4 Å². The molecule has 0 saturated heterocycles. The Bertz CT molecular complexity index is 561. The lowest BCUT2D eigenvalue weighted by atomic mass is 10.1. The highest BCUT2D eigenvalue weighted by Crippen LogP contribution is 2.13. The lowest BCUT2D eigenvalue weighted by Gasteiger charge is -2.06. The topological polar surface area (TPSA) is 74.5 Å². The molecule has 0 fully saturated rings. The molecule has 106 valence electrons. The summed E-state index contributed by atoms with van der Waals surface area (Å²) in [4.78, 5) is 11.2. The van der Waals surface area contributed by atoms with Crippen LogP contribution in [0.15, 0.2) is 40.8 Å². The van der Waals surface area contributed by atoms with E-state index in [1.165, 1.54) is 0 Å². The molecule has 0 aliphatic rings. The Morgan fingerprint density at radius 3 is 2.45 bits per heavy atom. The van der Waals surface area contributed by atoms with E-state index in [9.17, 15) is 4.79 Å². The van der Waals surface area contributed by atoms with Crippen molar-refractivity contribution < 1.29 is 14.3 Å². The summed E-state index contributed by atoms with van der Waals surface area (Å²) in [5.41, 5.74) is 1.92. The molecule has 0 unspecified atom stereocenters. The zero-order valence-electron chi connectivity index (χ0n) is 11.3. The predicted molar refractivity (Wildman–Crippen MR) is 76.2 cm³/mol. The highest BCUT2D eigenvalue weighted by atomic mass is 16.4. The van der Waals surface area contributed by atoms with Gasteiger partial charge in [0.05, 0.1) is 13.0 Å². The van der Waals surface area contributed by atoms with Gasteiger partial charge in [-0.15, -0.1) is 0 Å². The molecule has 5 nitrogen and oxygen atoms in total. The summed E-state index contributed by atoms with van der Waals surface area (Å²) in [6, 6.07) is 11.3. The number of furan rings is 1.